The number of nitrogens with two attached hydrogens (primary N) is 1. The van der Waals surface area contributed by atoms with Gasteiger partial charge in [-0.3, -0.25) is 0 Å². The lowest BCUT2D eigenvalue weighted by atomic mass is 10.4. The molecule has 0 amide bonds. The number of rotatable bonds is 1. The lowest BCUT2D eigenvalue weighted by Crippen LogP contribution is -1.76. The fourth-order valence-corrected chi connectivity index (χ4v) is 0. The van der Waals surface area contributed by atoms with Crippen molar-refractivity contribution in [2.45, 2.75) is 13.8 Å². The summed E-state index contributed by atoms with van der Waals surface area (Å²) in [4.78, 5) is 0. The Hall–Kier alpha value is -0.370. The van der Waals surface area contributed by atoms with Gasteiger partial charge in [0, 0.05) is 0 Å². The summed E-state index contributed by atoms with van der Waals surface area (Å²) in [5.41, 5.74) is 6.17. The molecule has 0 aromatic heterocycles. The van der Waals surface area contributed by atoms with Gasteiger partial charge in [0.15, 0.2) is 0 Å². The Labute approximate surface area is 62.0 Å². The zero-order valence-corrected chi connectivity index (χ0v) is 7.16. The molecule has 9 heavy (non-hydrogen) atoms. The topological polar surface area (TPSA) is 26.0 Å². The fraction of sp³-hybridized carbons (Fsp3) is 0.429. The normalized spacial score (nSPS) is 6.56. The molecule has 2 heteroatoms. The highest BCUT2D eigenvalue weighted by Crippen LogP contribution is 1.85. The Morgan fingerprint density at radius 3 is 1.78 bits per heavy atom. The first-order valence-electron chi connectivity index (χ1n) is 2.67. The first-order chi connectivity index (χ1) is 4.18. The second kappa shape index (κ2) is 10.6. The molecular weight excluding hydrogens is 130 g/mol. The second-order valence-corrected chi connectivity index (χ2v) is 2.45. The van der Waals surface area contributed by atoms with Crippen LogP contribution in [-0.4, -0.2) is 6.26 Å². The van der Waals surface area contributed by atoms with E-state index in [-0.39, 0.29) is 0 Å². The summed E-state index contributed by atoms with van der Waals surface area (Å²) in [6, 6.07) is 0. The van der Waals surface area contributed by atoms with E-state index >= 15 is 0 Å². The molecule has 1 nitrogen and oxygen atoms in total. The summed E-state index contributed by atoms with van der Waals surface area (Å²) in [5, 5.41) is 1.79. The van der Waals surface area contributed by atoms with Gasteiger partial charge in [0.25, 0.3) is 0 Å². The standard InChI is InChI=1S/C4H9N.C3H6S/c1-4(2)3-5;1-3-4-2/h3H,5H2,1-2H3;3H,1H2,2H3. The van der Waals surface area contributed by atoms with Gasteiger partial charge in [-0.05, 0) is 31.7 Å². The average Bonchev–Trinajstić information content (AvgIpc) is 1.89. The second-order valence-electron chi connectivity index (χ2n) is 1.65. The van der Waals surface area contributed by atoms with Gasteiger partial charge in [0.2, 0.25) is 0 Å². The molecule has 0 saturated heterocycles. The third-order valence-electron chi connectivity index (χ3n) is 0.500. The van der Waals surface area contributed by atoms with Crippen LogP contribution in [0.15, 0.2) is 23.8 Å². The summed E-state index contributed by atoms with van der Waals surface area (Å²) in [6.07, 6.45) is 3.56. The van der Waals surface area contributed by atoms with E-state index in [1.54, 1.807) is 23.4 Å². The first-order valence-corrected chi connectivity index (χ1v) is 3.96. The van der Waals surface area contributed by atoms with Crippen molar-refractivity contribution in [1.82, 2.24) is 0 Å². The lowest BCUT2D eigenvalue weighted by molar-refractivity contribution is 1.34. The van der Waals surface area contributed by atoms with Gasteiger partial charge in [0.05, 0.1) is 0 Å². The molecular formula is C7H15NS. The number of thioether (sulfide) groups is 1. The fourth-order valence-electron chi connectivity index (χ4n) is 0. The molecule has 0 unspecified atom stereocenters. The van der Waals surface area contributed by atoms with Crippen molar-refractivity contribution in [3.05, 3.63) is 23.8 Å². The minimum absolute atomic E-state index is 1.16. The maximum Gasteiger partial charge on any atom is -0.00761 e. The van der Waals surface area contributed by atoms with Crippen molar-refractivity contribution in [3.63, 3.8) is 0 Å². The minimum Gasteiger partial charge on any atom is -0.405 e. The van der Waals surface area contributed by atoms with E-state index in [2.05, 4.69) is 6.58 Å². The Morgan fingerprint density at radius 2 is 1.78 bits per heavy atom. The summed E-state index contributed by atoms with van der Waals surface area (Å²) in [7, 11) is 0. The highest BCUT2D eigenvalue weighted by molar-refractivity contribution is 8.01. The number of hydrogen-bond acceptors (Lipinski definition) is 2. The zero-order chi connectivity index (χ0) is 7.70. The number of allylic oxidation sites excluding steroid dienone is 1. The van der Waals surface area contributed by atoms with Crippen LogP contribution in [0.3, 0.4) is 0 Å². The molecule has 54 valence electrons. The maximum absolute atomic E-state index is 5.01. The average molecular weight is 145 g/mol. The quantitative estimate of drug-likeness (QED) is 0.613. The molecule has 0 bridgehead atoms. The number of hydrogen-bond donors (Lipinski definition) is 1. The van der Waals surface area contributed by atoms with Crippen molar-refractivity contribution in [3.8, 4) is 0 Å². The molecule has 0 aliphatic carbocycles. The molecule has 0 heterocycles. The summed E-state index contributed by atoms with van der Waals surface area (Å²) in [6.45, 7) is 7.36. The van der Waals surface area contributed by atoms with Crippen LogP contribution in [0.5, 0.6) is 0 Å². The third kappa shape index (κ3) is 35.0. The lowest BCUT2D eigenvalue weighted by Gasteiger charge is -1.74. The van der Waals surface area contributed by atoms with Crippen LogP contribution in [-0.2, 0) is 0 Å². The Bertz CT molecular complexity index is 82.9. The molecule has 0 fully saturated rings. The van der Waals surface area contributed by atoms with Crippen molar-refractivity contribution in [1.29, 1.82) is 0 Å². The summed E-state index contributed by atoms with van der Waals surface area (Å²) in [5.74, 6) is 0. The van der Waals surface area contributed by atoms with E-state index in [4.69, 9.17) is 5.73 Å². The third-order valence-corrected chi connectivity index (χ3v) is 0.833. The van der Waals surface area contributed by atoms with Crippen molar-refractivity contribution in [2.24, 2.45) is 5.73 Å². The van der Waals surface area contributed by atoms with Gasteiger partial charge >= 0.3 is 0 Å². The molecule has 2 N–H and O–H groups in total. The summed E-state index contributed by atoms with van der Waals surface area (Å²) >= 11 is 1.62. The zero-order valence-electron chi connectivity index (χ0n) is 6.35. The maximum atomic E-state index is 5.01. The highest BCUT2D eigenvalue weighted by atomic mass is 32.2. The molecule has 0 aliphatic heterocycles. The molecule has 0 rings (SSSR count). The van der Waals surface area contributed by atoms with E-state index < -0.39 is 0 Å². The van der Waals surface area contributed by atoms with Crippen LogP contribution < -0.4 is 5.73 Å². The van der Waals surface area contributed by atoms with E-state index in [0.29, 0.717) is 0 Å². The van der Waals surface area contributed by atoms with Crippen LogP contribution >= 0.6 is 11.8 Å². The van der Waals surface area contributed by atoms with Crippen LogP contribution in [0.4, 0.5) is 0 Å². The smallest absolute Gasteiger partial charge is 0.00761 e. The molecule has 0 aromatic carbocycles. The molecule has 0 radical (unpaired) electrons. The van der Waals surface area contributed by atoms with E-state index in [1.807, 2.05) is 20.1 Å². The van der Waals surface area contributed by atoms with E-state index in [9.17, 15) is 0 Å². The molecule has 0 spiro atoms. The van der Waals surface area contributed by atoms with Crippen molar-refractivity contribution in [2.75, 3.05) is 6.26 Å². The van der Waals surface area contributed by atoms with E-state index in [0.717, 1.165) is 5.57 Å². The van der Waals surface area contributed by atoms with Gasteiger partial charge in [-0.15, -0.1) is 11.8 Å². The Morgan fingerprint density at radius 1 is 1.56 bits per heavy atom. The largest absolute Gasteiger partial charge is 0.405 e. The van der Waals surface area contributed by atoms with Crippen molar-refractivity contribution >= 4 is 11.8 Å². The van der Waals surface area contributed by atoms with Gasteiger partial charge in [0.1, 0.15) is 0 Å². The molecule has 0 aliphatic rings. The Kier molecular flexibility index (Phi) is 13.4. The van der Waals surface area contributed by atoms with Gasteiger partial charge in [-0.2, -0.15) is 0 Å². The van der Waals surface area contributed by atoms with Crippen LogP contribution in [0, 0.1) is 0 Å². The van der Waals surface area contributed by atoms with Crippen LogP contribution in [0.1, 0.15) is 13.8 Å². The van der Waals surface area contributed by atoms with Gasteiger partial charge < -0.3 is 5.73 Å². The highest BCUT2D eigenvalue weighted by Gasteiger charge is 1.61. The predicted molar refractivity (Wildman–Crippen MR) is 47.3 cm³/mol. The van der Waals surface area contributed by atoms with E-state index in [1.165, 1.54) is 0 Å². The van der Waals surface area contributed by atoms with Gasteiger partial charge in [-0.1, -0.05) is 12.2 Å². The van der Waals surface area contributed by atoms with Crippen molar-refractivity contribution < 1.29 is 0 Å². The SMILES string of the molecule is C=CSC.CC(C)=CN. The Balaban J connectivity index is 0. The molecule has 0 atom stereocenters. The summed E-state index contributed by atoms with van der Waals surface area (Å²) < 4.78 is 0. The van der Waals surface area contributed by atoms with Crippen LogP contribution in [0.25, 0.3) is 0 Å². The van der Waals surface area contributed by atoms with Crippen LogP contribution in [0.2, 0.25) is 0 Å². The van der Waals surface area contributed by atoms with Gasteiger partial charge in [-0.25, -0.2) is 0 Å². The molecule has 0 saturated carbocycles. The first kappa shape index (κ1) is 11.4. The minimum atomic E-state index is 1.16. The predicted octanol–water partition coefficient (Wildman–Crippen LogP) is 2.36. The molecule has 0 aromatic rings. The monoisotopic (exact) mass is 145 g/mol.